The summed E-state index contributed by atoms with van der Waals surface area (Å²) in [4.78, 5) is 24.9. The minimum atomic E-state index is -0.717. The topological polar surface area (TPSA) is 89.3 Å². The number of nitrogens with one attached hydrogen (secondary N) is 1. The highest BCUT2D eigenvalue weighted by atomic mass is 79.9. The number of unbranched alkanes of at least 4 members (excludes halogenated alkanes) is 14. The molecule has 1 atom stereocenters. The molecule has 2 rings (SSSR count). The molecule has 0 aliphatic carbocycles. The number of hydrogen-bond donors (Lipinski definition) is 1. The third-order valence-electron chi connectivity index (χ3n) is 8.18. The fraction of sp³-hybridized carbons (Fsp3) is 0.641. The van der Waals surface area contributed by atoms with E-state index in [0.29, 0.717) is 17.9 Å². The molecule has 9 heteroatoms. The number of carbonyl (C=O) groups excluding carboxylic acids is 2. The van der Waals surface area contributed by atoms with E-state index < -0.39 is 12.0 Å². The van der Waals surface area contributed by atoms with Crippen LogP contribution < -0.4 is 27.0 Å². The number of carbonyl (C=O) groups is 2. The third-order valence-corrected chi connectivity index (χ3v) is 8.18. The van der Waals surface area contributed by atoms with Gasteiger partial charge in [0.15, 0.2) is 0 Å². The first-order valence-electron chi connectivity index (χ1n) is 18.2. The van der Waals surface area contributed by atoms with Crippen molar-refractivity contribution in [3.8, 4) is 5.75 Å². The molecule has 1 amide bonds. The largest absolute Gasteiger partial charge is 1.00 e. The highest BCUT2D eigenvalue weighted by Gasteiger charge is 2.18. The SMILES string of the molecule is CCCCCCCCCCOC(=O)[C@H](C)NC(=O)c1ccc(N=Nc2ccc(OCCCCCCCCCC[N+](C)(C)C)cc2)cc1.[Br-]. The van der Waals surface area contributed by atoms with Crippen molar-refractivity contribution in [3.05, 3.63) is 54.1 Å². The number of halogens is 1. The van der Waals surface area contributed by atoms with Gasteiger partial charge in [-0.2, -0.15) is 10.2 Å². The second-order valence-corrected chi connectivity index (χ2v) is 13.8. The van der Waals surface area contributed by atoms with Crippen LogP contribution in [0.2, 0.25) is 0 Å². The third kappa shape index (κ3) is 21.2. The van der Waals surface area contributed by atoms with Gasteiger partial charge in [0.25, 0.3) is 5.91 Å². The number of nitrogens with zero attached hydrogens (tertiary/aromatic N) is 3. The lowest BCUT2D eigenvalue weighted by Gasteiger charge is -2.23. The molecule has 0 spiro atoms. The van der Waals surface area contributed by atoms with E-state index in [9.17, 15) is 9.59 Å². The quantitative estimate of drug-likeness (QED) is 0.0484. The molecule has 0 bridgehead atoms. The van der Waals surface area contributed by atoms with Gasteiger partial charge in [0.1, 0.15) is 11.8 Å². The number of quaternary nitrogens is 1. The Bertz CT molecular complexity index is 1150. The first kappa shape index (κ1) is 43.2. The Morgan fingerprint density at radius 3 is 1.65 bits per heavy atom. The zero-order valence-corrected chi connectivity index (χ0v) is 32.1. The maximum Gasteiger partial charge on any atom is 0.328 e. The molecule has 0 aliphatic rings. The zero-order valence-electron chi connectivity index (χ0n) is 30.5. The maximum absolute atomic E-state index is 12.6. The molecule has 2 aromatic carbocycles. The van der Waals surface area contributed by atoms with E-state index in [4.69, 9.17) is 9.47 Å². The summed E-state index contributed by atoms with van der Waals surface area (Å²) in [7, 11) is 6.78. The van der Waals surface area contributed by atoms with E-state index >= 15 is 0 Å². The molecule has 1 N–H and O–H groups in total. The summed E-state index contributed by atoms with van der Waals surface area (Å²) in [6, 6.07) is 13.7. The average molecular weight is 732 g/mol. The van der Waals surface area contributed by atoms with Crippen LogP contribution in [-0.2, 0) is 9.53 Å². The van der Waals surface area contributed by atoms with Gasteiger partial charge < -0.3 is 36.3 Å². The molecular weight excluding hydrogens is 668 g/mol. The maximum atomic E-state index is 12.6. The molecule has 0 unspecified atom stereocenters. The Kier molecular flexibility index (Phi) is 23.5. The van der Waals surface area contributed by atoms with Gasteiger partial charge in [-0.1, -0.05) is 84.0 Å². The summed E-state index contributed by atoms with van der Waals surface area (Å²) in [5.74, 6) is 0.0935. The fourth-order valence-corrected chi connectivity index (χ4v) is 5.22. The van der Waals surface area contributed by atoms with Crippen LogP contribution in [-0.4, -0.2) is 63.3 Å². The van der Waals surface area contributed by atoms with Gasteiger partial charge in [0.2, 0.25) is 0 Å². The van der Waals surface area contributed by atoms with E-state index in [1.54, 1.807) is 31.2 Å². The lowest BCUT2D eigenvalue weighted by atomic mass is 10.1. The predicted octanol–water partition coefficient (Wildman–Crippen LogP) is 7.11. The number of ether oxygens (including phenoxy) is 2. The summed E-state index contributed by atoms with van der Waals surface area (Å²) in [5, 5.41) is 11.3. The molecule has 0 saturated carbocycles. The van der Waals surface area contributed by atoms with E-state index in [0.717, 1.165) is 41.8 Å². The van der Waals surface area contributed by atoms with E-state index in [1.807, 2.05) is 24.3 Å². The van der Waals surface area contributed by atoms with Crippen LogP contribution in [0, 0.1) is 0 Å². The molecule has 48 heavy (non-hydrogen) atoms. The van der Waals surface area contributed by atoms with Gasteiger partial charge in [-0.05, 0) is 81.1 Å². The molecule has 2 aromatic rings. The van der Waals surface area contributed by atoms with Crippen LogP contribution in [0.25, 0.3) is 0 Å². The van der Waals surface area contributed by atoms with Crippen LogP contribution >= 0.6 is 0 Å². The molecule has 0 radical (unpaired) electrons. The summed E-state index contributed by atoms with van der Waals surface area (Å²) >= 11 is 0. The van der Waals surface area contributed by atoms with Crippen LogP contribution in [0.1, 0.15) is 127 Å². The van der Waals surface area contributed by atoms with Crippen LogP contribution in [0.5, 0.6) is 5.75 Å². The van der Waals surface area contributed by atoms with Crippen LogP contribution in [0.3, 0.4) is 0 Å². The summed E-state index contributed by atoms with van der Waals surface area (Å²) in [5.41, 5.74) is 1.79. The first-order valence-corrected chi connectivity index (χ1v) is 18.2. The molecule has 270 valence electrons. The van der Waals surface area contributed by atoms with Crippen molar-refractivity contribution in [2.45, 2.75) is 123 Å². The lowest BCUT2D eigenvalue weighted by molar-refractivity contribution is -0.870. The number of rotatable bonds is 26. The van der Waals surface area contributed by atoms with Crippen molar-refractivity contribution in [3.63, 3.8) is 0 Å². The highest BCUT2D eigenvalue weighted by Crippen LogP contribution is 2.22. The Labute approximate surface area is 301 Å². The monoisotopic (exact) mass is 730 g/mol. The van der Waals surface area contributed by atoms with Gasteiger partial charge in [-0.25, -0.2) is 4.79 Å². The molecule has 0 aromatic heterocycles. The minimum Gasteiger partial charge on any atom is -1.00 e. The number of benzene rings is 2. The molecule has 0 saturated heterocycles. The van der Waals surface area contributed by atoms with Gasteiger partial charge in [0, 0.05) is 5.56 Å². The van der Waals surface area contributed by atoms with Crippen molar-refractivity contribution >= 4 is 23.3 Å². The second-order valence-electron chi connectivity index (χ2n) is 13.8. The average Bonchev–Trinajstić information content (AvgIpc) is 3.05. The highest BCUT2D eigenvalue weighted by molar-refractivity contribution is 5.96. The molecule has 8 nitrogen and oxygen atoms in total. The Morgan fingerprint density at radius 1 is 0.667 bits per heavy atom. The van der Waals surface area contributed by atoms with E-state index in [2.05, 4.69) is 43.6 Å². The van der Waals surface area contributed by atoms with Crippen molar-refractivity contribution < 1.29 is 40.5 Å². The Morgan fingerprint density at radius 2 is 1.12 bits per heavy atom. The Balaban J connectivity index is 0.0000115. The molecule has 0 heterocycles. The van der Waals surface area contributed by atoms with Crippen molar-refractivity contribution in [1.29, 1.82) is 0 Å². The predicted molar refractivity (Wildman–Crippen MR) is 193 cm³/mol. The van der Waals surface area contributed by atoms with Crippen LogP contribution in [0.4, 0.5) is 11.4 Å². The molecular formula is C39H63BrN4O4. The lowest BCUT2D eigenvalue weighted by Crippen LogP contribution is -3.00. The minimum absolute atomic E-state index is 0. The van der Waals surface area contributed by atoms with Gasteiger partial charge in [0.05, 0.1) is 52.3 Å². The second kappa shape index (κ2) is 26.1. The number of azo groups is 1. The number of amides is 1. The Hall–Kier alpha value is -2.78. The molecule has 0 fully saturated rings. The van der Waals surface area contributed by atoms with Crippen molar-refractivity contribution in [1.82, 2.24) is 5.32 Å². The standard InChI is InChI=1S/C39H62N4O4.BrH/c1-6-7-8-9-10-14-18-21-32-47-39(45)33(2)40-38(44)34-22-24-35(25-23-34)41-42-36-26-28-37(29-27-36)46-31-20-17-15-12-11-13-16-19-30-43(3,4)5;/h22-29,33H,6-21,30-32H2,1-5H3;1H/t33-;/m0./s1. The van der Waals surface area contributed by atoms with Gasteiger partial charge in [-0.3, -0.25) is 4.79 Å². The summed E-state index contributed by atoms with van der Waals surface area (Å²) < 4.78 is 12.3. The van der Waals surface area contributed by atoms with Crippen molar-refractivity contribution in [2.24, 2.45) is 10.2 Å². The summed E-state index contributed by atoms with van der Waals surface area (Å²) in [6.45, 7) is 6.24. The van der Waals surface area contributed by atoms with Crippen LogP contribution in [0.15, 0.2) is 58.8 Å². The number of esters is 1. The van der Waals surface area contributed by atoms with Gasteiger partial charge in [-0.15, -0.1) is 0 Å². The van der Waals surface area contributed by atoms with Gasteiger partial charge >= 0.3 is 5.97 Å². The smallest absolute Gasteiger partial charge is 0.328 e. The van der Waals surface area contributed by atoms with E-state index in [-0.39, 0.29) is 22.9 Å². The normalized spacial score (nSPS) is 12.0. The van der Waals surface area contributed by atoms with Crippen molar-refractivity contribution in [2.75, 3.05) is 40.9 Å². The molecule has 0 aliphatic heterocycles. The number of hydrogen-bond acceptors (Lipinski definition) is 6. The first-order chi connectivity index (χ1) is 22.7. The zero-order chi connectivity index (χ0) is 34.2. The summed E-state index contributed by atoms with van der Waals surface area (Å²) in [6.07, 6.45) is 19.7. The van der Waals surface area contributed by atoms with E-state index in [1.165, 1.54) is 90.0 Å². The fourth-order valence-electron chi connectivity index (χ4n) is 5.22.